The number of rotatable bonds is 3. The predicted molar refractivity (Wildman–Crippen MR) is 132 cm³/mol. The Balaban J connectivity index is 1.61. The van der Waals surface area contributed by atoms with Gasteiger partial charge in [-0.1, -0.05) is 25.8 Å². The molecule has 7 atom stereocenters. The number of carbonyl (C=O) groups excluding carboxylic acids is 4. The largest absolute Gasteiger partial charge is 0.353 e. The van der Waals surface area contributed by atoms with Gasteiger partial charge in [0.15, 0.2) is 11.6 Å². The van der Waals surface area contributed by atoms with Gasteiger partial charge in [-0.15, -0.1) is 0 Å². The van der Waals surface area contributed by atoms with Crippen LogP contribution in [0.3, 0.4) is 0 Å². The third-order valence-electron chi connectivity index (χ3n) is 8.35. The third-order valence-corrected chi connectivity index (χ3v) is 8.35. The molecule has 0 radical (unpaired) electrons. The second kappa shape index (κ2) is 11.3. The maximum absolute atomic E-state index is 13.7. The Labute approximate surface area is 212 Å². The van der Waals surface area contributed by atoms with Gasteiger partial charge >= 0.3 is 0 Å². The Morgan fingerprint density at radius 2 is 1.92 bits per heavy atom. The Morgan fingerprint density at radius 3 is 2.64 bits per heavy atom. The first kappa shape index (κ1) is 26.0. The predicted octanol–water partition coefficient (Wildman–Crippen LogP) is 3.32. The van der Waals surface area contributed by atoms with Crippen molar-refractivity contribution < 1.29 is 19.2 Å². The number of nitrogens with one attached hydrogen (secondary N) is 1. The molecule has 3 aliphatic rings. The molecule has 0 aromatic carbocycles. The van der Waals surface area contributed by atoms with Crippen molar-refractivity contribution in [3.8, 4) is 6.07 Å². The molecule has 8 nitrogen and oxygen atoms in total. The van der Waals surface area contributed by atoms with Gasteiger partial charge < -0.3 is 10.2 Å². The zero-order chi connectivity index (χ0) is 25.8. The summed E-state index contributed by atoms with van der Waals surface area (Å²) >= 11 is 0. The molecular weight excluding hydrogens is 456 g/mol. The second-order valence-electron chi connectivity index (χ2n) is 11.0. The number of likely N-dealkylation sites (N-methyl/N-ethyl adjacent to an activating group) is 1. The number of nitriles is 1. The van der Waals surface area contributed by atoms with Gasteiger partial charge in [0.1, 0.15) is 5.69 Å². The van der Waals surface area contributed by atoms with Crippen LogP contribution >= 0.6 is 0 Å². The van der Waals surface area contributed by atoms with Crippen molar-refractivity contribution in [2.75, 3.05) is 7.05 Å². The summed E-state index contributed by atoms with van der Waals surface area (Å²) in [5.41, 5.74) is 0.336. The minimum absolute atomic E-state index is 0.0219. The average Bonchev–Trinajstić information content (AvgIpc) is 3.23. The average molecular weight is 493 g/mol. The summed E-state index contributed by atoms with van der Waals surface area (Å²) in [5.74, 6) is -2.16. The number of aromatic nitrogens is 1. The number of carbonyl (C=O) groups is 4. The first-order valence-electron chi connectivity index (χ1n) is 13.2. The van der Waals surface area contributed by atoms with E-state index in [4.69, 9.17) is 0 Å². The van der Waals surface area contributed by atoms with Crippen LogP contribution in [0.1, 0.15) is 75.2 Å². The lowest BCUT2D eigenvalue weighted by molar-refractivity contribution is -0.146. The van der Waals surface area contributed by atoms with Crippen LogP contribution in [0.2, 0.25) is 0 Å². The van der Waals surface area contributed by atoms with Crippen molar-refractivity contribution >= 4 is 23.4 Å². The smallest absolute Gasteiger partial charge is 0.226 e. The van der Waals surface area contributed by atoms with Crippen LogP contribution in [-0.2, 0) is 14.4 Å². The van der Waals surface area contributed by atoms with Crippen LogP contribution in [0.4, 0.5) is 0 Å². The number of hydrogen-bond donors (Lipinski definition) is 1. The van der Waals surface area contributed by atoms with Gasteiger partial charge in [-0.2, -0.15) is 5.26 Å². The lowest BCUT2D eigenvalue weighted by Crippen LogP contribution is -2.52. The quantitative estimate of drug-likeness (QED) is 0.646. The normalized spacial score (nSPS) is 33.8. The van der Waals surface area contributed by atoms with Gasteiger partial charge in [0.2, 0.25) is 11.8 Å². The van der Waals surface area contributed by atoms with Gasteiger partial charge in [0.05, 0.1) is 18.0 Å². The first-order valence-corrected chi connectivity index (χ1v) is 13.2. The van der Waals surface area contributed by atoms with E-state index in [2.05, 4.69) is 16.4 Å². The van der Waals surface area contributed by atoms with Gasteiger partial charge in [-0.05, 0) is 56.6 Å². The number of nitrogens with zero attached hydrogens (tertiary/aromatic N) is 3. The number of Topliss-reactive ketones (excluding diaryl/α,β-unsaturated/α-hetero) is 2. The first-order chi connectivity index (χ1) is 17.3. The van der Waals surface area contributed by atoms with Crippen molar-refractivity contribution in [1.29, 1.82) is 5.26 Å². The fourth-order valence-corrected chi connectivity index (χ4v) is 6.33. The van der Waals surface area contributed by atoms with E-state index in [0.717, 1.165) is 19.3 Å². The number of ketones is 2. The summed E-state index contributed by atoms with van der Waals surface area (Å²) in [4.78, 5) is 58.6. The molecule has 1 aliphatic carbocycles. The van der Waals surface area contributed by atoms with E-state index in [0.29, 0.717) is 37.8 Å². The van der Waals surface area contributed by atoms with Crippen LogP contribution in [0.15, 0.2) is 24.4 Å². The molecule has 8 heteroatoms. The molecule has 3 fully saturated rings. The summed E-state index contributed by atoms with van der Waals surface area (Å²) in [7, 11) is 1.66. The number of hydrogen-bond acceptors (Lipinski definition) is 6. The Hall–Kier alpha value is -3.08. The van der Waals surface area contributed by atoms with E-state index in [1.165, 1.54) is 4.90 Å². The highest BCUT2D eigenvalue weighted by Crippen LogP contribution is 2.38. The minimum atomic E-state index is -0.621. The fourth-order valence-electron chi connectivity index (χ4n) is 6.33. The van der Waals surface area contributed by atoms with Crippen molar-refractivity contribution in [2.45, 2.75) is 76.8 Å². The maximum Gasteiger partial charge on any atom is 0.226 e. The highest BCUT2D eigenvalue weighted by atomic mass is 16.2. The molecule has 2 aliphatic heterocycles. The van der Waals surface area contributed by atoms with Crippen LogP contribution in [0.25, 0.3) is 0 Å². The topological polar surface area (TPSA) is 120 Å². The molecule has 2 amide bonds. The van der Waals surface area contributed by atoms with Crippen molar-refractivity contribution in [3.63, 3.8) is 0 Å². The molecule has 2 saturated heterocycles. The van der Waals surface area contributed by atoms with E-state index in [1.54, 1.807) is 31.4 Å². The monoisotopic (exact) mass is 492 g/mol. The molecule has 1 aromatic heterocycles. The van der Waals surface area contributed by atoms with Crippen LogP contribution in [0.5, 0.6) is 0 Å². The summed E-state index contributed by atoms with van der Waals surface area (Å²) < 4.78 is 0. The van der Waals surface area contributed by atoms with Gasteiger partial charge in [-0.3, -0.25) is 24.2 Å². The van der Waals surface area contributed by atoms with E-state index >= 15 is 0 Å². The highest BCUT2D eigenvalue weighted by molar-refractivity contribution is 5.98. The molecule has 1 N–H and O–H groups in total. The maximum atomic E-state index is 13.7. The molecule has 1 aromatic rings. The summed E-state index contributed by atoms with van der Waals surface area (Å²) in [6, 6.07) is 6.91. The molecule has 36 heavy (non-hydrogen) atoms. The highest BCUT2D eigenvalue weighted by Gasteiger charge is 2.45. The minimum Gasteiger partial charge on any atom is -0.353 e. The zero-order valence-electron chi connectivity index (χ0n) is 21.2. The molecular formula is C28H36N4O4. The Kier molecular flexibility index (Phi) is 8.17. The van der Waals surface area contributed by atoms with E-state index in [9.17, 15) is 24.4 Å². The van der Waals surface area contributed by atoms with Gasteiger partial charge in [0.25, 0.3) is 0 Å². The molecule has 3 heterocycles. The number of pyridine rings is 1. The van der Waals surface area contributed by atoms with Crippen molar-refractivity contribution in [1.82, 2.24) is 15.2 Å². The molecule has 0 spiro atoms. The van der Waals surface area contributed by atoms with E-state index in [-0.39, 0.29) is 47.7 Å². The second-order valence-corrected chi connectivity index (χ2v) is 11.0. The third kappa shape index (κ3) is 5.66. The Bertz CT molecular complexity index is 1040. The Morgan fingerprint density at radius 1 is 1.14 bits per heavy atom. The molecule has 4 bridgehead atoms. The molecule has 4 rings (SSSR count). The van der Waals surface area contributed by atoms with E-state index < -0.39 is 23.8 Å². The fraction of sp³-hybridized carbons (Fsp3) is 0.643. The van der Waals surface area contributed by atoms with Crippen LogP contribution in [-0.4, -0.2) is 52.4 Å². The zero-order valence-corrected chi connectivity index (χ0v) is 21.2. The van der Waals surface area contributed by atoms with Crippen molar-refractivity contribution in [2.24, 2.45) is 29.6 Å². The molecule has 2 unspecified atom stereocenters. The van der Waals surface area contributed by atoms with Crippen LogP contribution < -0.4 is 5.32 Å². The number of amides is 2. The lowest BCUT2D eigenvalue weighted by atomic mass is 9.70. The lowest BCUT2D eigenvalue weighted by Gasteiger charge is -2.39. The molecule has 1 saturated carbocycles. The van der Waals surface area contributed by atoms with Crippen LogP contribution in [0, 0.1) is 40.9 Å². The van der Waals surface area contributed by atoms with Gasteiger partial charge in [0, 0.05) is 43.5 Å². The summed E-state index contributed by atoms with van der Waals surface area (Å²) in [5, 5.41) is 13.0. The van der Waals surface area contributed by atoms with Crippen molar-refractivity contribution in [3.05, 3.63) is 30.1 Å². The summed E-state index contributed by atoms with van der Waals surface area (Å²) in [6.07, 6.45) is 6.71. The SMILES string of the molecule is CC1CC2C(=O)[C@H](C1)N(C)C(=O)[C@@H](CC(=O)c1ccccn1)CCCC[C@@H]1C[C@@H](C[C@H]2C#N)C(=O)N1. The van der Waals surface area contributed by atoms with Gasteiger partial charge in [-0.25, -0.2) is 0 Å². The molecule has 192 valence electrons. The standard InChI is InChI=1S/C28H36N4O4/c1-17-11-22-20(16-29)13-19-14-21(31-27(19)35)8-4-3-7-18(15-25(33)23-9-5-6-10-30-23)28(36)32(2)24(12-17)26(22)34/h5-6,9-10,17-22,24H,3-4,7-8,11-15H2,1-2H3,(H,31,35)/t17?,18-,19-,20+,21-,22?,24+/m1/s1. The van der Waals surface area contributed by atoms with E-state index in [1.807, 2.05) is 6.92 Å². The number of fused-ring (bicyclic) bond motifs is 4. The summed E-state index contributed by atoms with van der Waals surface area (Å²) in [6.45, 7) is 2.05.